The van der Waals surface area contributed by atoms with Crippen LogP contribution in [0.4, 0.5) is 0 Å². The van der Waals surface area contributed by atoms with Gasteiger partial charge in [0.2, 0.25) is 10.0 Å². The Hall–Kier alpha value is -1.93. The van der Waals surface area contributed by atoms with Crippen LogP contribution in [0.15, 0.2) is 35.2 Å². The van der Waals surface area contributed by atoms with Gasteiger partial charge < -0.3 is 10.2 Å². The molecule has 19 heavy (non-hydrogen) atoms. The number of hydrogen-bond acceptors (Lipinski definition) is 4. The number of benzene rings is 1. The zero-order valence-corrected chi connectivity index (χ0v) is 10.7. The van der Waals surface area contributed by atoms with Crippen molar-refractivity contribution < 1.29 is 28.2 Å². The highest BCUT2D eigenvalue weighted by molar-refractivity contribution is 7.89. The molecule has 0 fully saturated rings. The Balaban J connectivity index is 3.02. The first kappa shape index (κ1) is 15.1. The largest absolute Gasteiger partial charge is 0.481 e. The van der Waals surface area contributed by atoms with Gasteiger partial charge in [0.05, 0.1) is 11.3 Å². The van der Waals surface area contributed by atoms with E-state index in [-0.39, 0.29) is 4.90 Å². The molecule has 0 saturated heterocycles. The summed E-state index contributed by atoms with van der Waals surface area (Å²) in [5, 5.41) is 17.3. The van der Waals surface area contributed by atoms with E-state index in [2.05, 4.69) is 0 Å². The van der Waals surface area contributed by atoms with Crippen molar-refractivity contribution in [1.82, 2.24) is 4.31 Å². The van der Waals surface area contributed by atoms with E-state index in [0.717, 1.165) is 0 Å². The summed E-state index contributed by atoms with van der Waals surface area (Å²) < 4.78 is 24.9. The van der Waals surface area contributed by atoms with Gasteiger partial charge in [-0.1, -0.05) is 18.2 Å². The van der Waals surface area contributed by atoms with Gasteiger partial charge in [0.15, 0.2) is 0 Å². The lowest BCUT2D eigenvalue weighted by Crippen LogP contribution is -2.37. The minimum absolute atomic E-state index is 0.0679. The standard InChI is InChI=1S/C11H13NO6S/c13-10(14)6-7-12(8-11(15)16)19(17,18)9-4-2-1-3-5-9/h1-5H,6-8H2,(H,13,14)(H,15,16). The van der Waals surface area contributed by atoms with E-state index in [9.17, 15) is 18.0 Å². The minimum atomic E-state index is -4.00. The number of carboxylic acid groups (broad SMARTS) is 2. The Kier molecular flexibility index (Phi) is 5.02. The zero-order valence-electron chi connectivity index (χ0n) is 9.89. The van der Waals surface area contributed by atoms with E-state index in [0.29, 0.717) is 4.31 Å². The summed E-state index contributed by atoms with van der Waals surface area (Å²) in [7, 11) is -4.00. The van der Waals surface area contributed by atoms with Crippen LogP contribution >= 0.6 is 0 Å². The van der Waals surface area contributed by atoms with Crippen molar-refractivity contribution >= 4 is 22.0 Å². The molecule has 2 N–H and O–H groups in total. The van der Waals surface area contributed by atoms with Gasteiger partial charge in [-0.25, -0.2) is 8.42 Å². The lowest BCUT2D eigenvalue weighted by Gasteiger charge is -2.19. The van der Waals surface area contributed by atoms with E-state index < -0.39 is 41.5 Å². The van der Waals surface area contributed by atoms with Crippen molar-refractivity contribution in [1.29, 1.82) is 0 Å². The summed E-state index contributed by atoms with van der Waals surface area (Å²) in [6.45, 7) is -1.16. The average Bonchev–Trinajstić information content (AvgIpc) is 2.34. The van der Waals surface area contributed by atoms with E-state index in [4.69, 9.17) is 10.2 Å². The van der Waals surface area contributed by atoms with E-state index in [1.54, 1.807) is 6.07 Å². The van der Waals surface area contributed by atoms with Crippen LogP contribution in [0.1, 0.15) is 6.42 Å². The molecule has 0 spiro atoms. The predicted molar refractivity (Wildman–Crippen MR) is 65.1 cm³/mol. The quantitative estimate of drug-likeness (QED) is 0.742. The molecule has 0 amide bonds. The van der Waals surface area contributed by atoms with Crippen molar-refractivity contribution in [2.75, 3.05) is 13.1 Å². The van der Waals surface area contributed by atoms with Crippen LogP contribution in [0.2, 0.25) is 0 Å². The van der Waals surface area contributed by atoms with Gasteiger partial charge in [0.25, 0.3) is 0 Å². The molecule has 1 aromatic rings. The fourth-order valence-electron chi connectivity index (χ4n) is 1.40. The van der Waals surface area contributed by atoms with Crippen molar-refractivity contribution in [3.63, 3.8) is 0 Å². The van der Waals surface area contributed by atoms with Gasteiger partial charge in [-0.2, -0.15) is 4.31 Å². The molecule has 0 saturated carbocycles. The number of nitrogens with zero attached hydrogens (tertiary/aromatic N) is 1. The maximum absolute atomic E-state index is 12.2. The topological polar surface area (TPSA) is 112 Å². The molecule has 0 atom stereocenters. The van der Waals surface area contributed by atoms with Gasteiger partial charge in [0.1, 0.15) is 6.54 Å². The lowest BCUT2D eigenvalue weighted by molar-refractivity contribution is -0.139. The summed E-state index contributed by atoms with van der Waals surface area (Å²) in [4.78, 5) is 21.1. The first-order chi connectivity index (χ1) is 8.84. The zero-order chi connectivity index (χ0) is 14.5. The van der Waals surface area contributed by atoms with Crippen LogP contribution in [0.3, 0.4) is 0 Å². The van der Waals surface area contributed by atoms with Crippen molar-refractivity contribution in [2.45, 2.75) is 11.3 Å². The highest BCUT2D eigenvalue weighted by Crippen LogP contribution is 2.15. The van der Waals surface area contributed by atoms with E-state index >= 15 is 0 Å². The molecule has 0 unspecified atom stereocenters. The van der Waals surface area contributed by atoms with E-state index in [1.165, 1.54) is 24.3 Å². The third kappa shape index (κ3) is 4.34. The van der Waals surface area contributed by atoms with Gasteiger partial charge in [-0.05, 0) is 12.1 Å². The van der Waals surface area contributed by atoms with Gasteiger partial charge in [0, 0.05) is 6.54 Å². The smallest absolute Gasteiger partial charge is 0.318 e. The number of carboxylic acids is 2. The van der Waals surface area contributed by atoms with Crippen LogP contribution < -0.4 is 0 Å². The predicted octanol–water partition coefficient (Wildman–Crippen LogP) is 0.237. The molecule has 0 aliphatic heterocycles. The molecule has 0 aliphatic rings. The van der Waals surface area contributed by atoms with Crippen LogP contribution in [-0.4, -0.2) is 48.0 Å². The molecule has 1 aromatic carbocycles. The van der Waals surface area contributed by atoms with Crippen LogP contribution in [0.5, 0.6) is 0 Å². The number of aliphatic carboxylic acids is 2. The first-order valence-electron chi connectivity index (χ1n) is 5.33. The number of sulfonamides is 1. The molecule has 0 aliphatic carbocycles. The highest BCUT2D eigenvalue weighted by atomic mass is 32.2. The fourth-order valence-corrected chi connectivity index (χ4v) is 2.81. The highest BCUT2D eigenvalue weighted by Gasteiger charge is 2.26. The van der Waals surface area contributed by atoms with Crippen LogP contribution in [-0.2, 0) is 19.6 Å². The Morgan fingerprint density at radius 1 is 1.05 bits per heavy atom. The second-order valence-corrected chi connectivity index (χ2v) is 5.63. The molecule has 0 radical (unpaired) electrons. The fraction of sp³-hybridized carbons (Fsp3) is 0.273. The summed E-state index contributed by atoms with van der Waals surface area (Å²) in [6, 6.07) is 7.28. The number of rotatable bonds is 7. The van der Waals surface area contributed by atoms with Gasteiger partial charge >= 0.3 is 11.9 Å². The van der Waals surface area contributed by atoms with Gasteiger partial charge in [-0.15, -0.1) is 0 Å². The summed E-state index contributed by atoms with van der Waals surface area (Å²) >= 11 is 0. The number of hydrogen-bond donors (Lipinski definition) is 2. The molecular weight excluding hydrogens is 274 g/mol. The molecule has 0 aromatic heterocycles. The second kappa shape index (κ2) is 6.30. The third-order valence-corrected chi connectivity index (χ3v) is 4.13. The maximum atomic E-state index is 12.2. The Labute approximate surface area is 110 Å². The van der Waals surface area contributed by atoms with Crippen LogP contribution in [0, 0.1) is 0 Å². The molecule has 104 valence electrons. The molecule has 8 heteroatoms. The van der Waals surface area contributed by atoms with Crippen LogP contribution in [0.25, 0.3) is 0 Å². The minimum Gasteiger partial charge on any atom is -0.481 e. The van der Waals surface area contributed by atoms with E-state index in [1.807, 2.05) is 0 Å². The maximum Gasteiger partial charge on any atom is 0.318 e. The first-order valence-corrected chi connectivity index (χ1v) is 6.77. The monoisotopic (exact) mass is 287 g/mol. The third-order valence-electron chi connectivity index (χ3n) is 2.27. The Morgan fingerprint density at radius 3 is 2.11 bits per heavy atom. The Morgan fingerprint density at radius 2 is 1.63 bits per heavy atom. The molecule has 1 rings (SSSR count). The summed E-state index contributed by atoms with van der Waals surface area (Å²) in [5.41, 5.74) is 0. The molecule has 7 nitrogen and oxygen atoms in total. The SMILES string of the molecule is O=C(O)CCN(CC(=O)O)S(=O)(=O)c1ccccc1. The molecule has 0 heterocycles. The average molecular weight is 287 g/mol. The molecular formula is C11H13NO6S. The lowest BCUT2D eigenvalue weighted by atomic mass is 10.4. The molecule has 0 bridgehead atoms. The Bertz CT molecular complexity index is 554. The summed E-state index contributed by atoms with van der Waals surface area (Å²) in [6.07, 6.45) is -0.459. The summed E-state index contributed by atoms with van der Waals surface area (Å²) in [5.74, 6) is -2.54. The second-order valence-electron chi connectivity index (χ2n) is 3.69. The van der Waals surface area contributed by atoms with Gasteiger partial charge in [-0.3, -0.25) is 9.59 Å². The number of carbonyl (C=O) groups is 2. The van der Waals surface area contributed by atoms with Crippen molar-refractivity contribution in [3.8, 4) is 0 Å². The normalized spacial score (nSPS) is 11.4. The van der Waals surface area contributed by atoms with Crippen molar-refractivity contribution in [3.05, 3.63) is 30.3 Å². The van der Waals surface area contributed by atoms with Crippen molar-refractivity contribution in [2.24, 2.45) is 0 Å².